The average Bonchev–Trinajstić information content (AvgIpc) is 2.82. The molecule has 3 rings (SSSR count). The Morgan fingerprint density at radius 1 is 1.03 bits per heavy atom. The number of hydrogen-bond acceptors (Lipinski definition) is 5. The Bertz CT molecular complexity index is 1270. The van der Waals surface area contributed by atoms with Crippen LogP contribution in [0.5, 0.6) is 5.75 Å². The number of anilines is 1. The van der Waals surface area contributed by atoms with Crippen LogP contribution in [0.4, 0.5) is 5.69 Å². The second kappa shape index (κ2) is 11.1. The topological polar surface area (TPSA) is 119 Å². The fourth-order valence-corrected chi connectivity index (χ4v) is 4.96. The number of benzene rings is 3. The van der Waals surface area contributed by atoms with Crippen LogP contribution < -0.4 is 15.8 Å². The number of hydrogen-bond donors (Lipinski definition) is 2. The summed E-state index contributed by atoms with van der Waals surface area (Å²) in [6.07, 6.45) is 0.407. The first kappa shape index (κ1) is 25.2. The molecule has 10 heteroatoms. The van der Waals surface area contributed by atoms with Gasteiger partial charge in [-0.3, -0.25) is 9.59 Å². The van der Waals surface area contributed by atoms with Gasteiger partial charge in [-0.15, -0.1) is 0 Å². The number of nitrogens with one attached hydrogen (secondary N) is 1. The van der Waals surface area contributed by atoms with Crippen molar-refractivity contribution in [3.63, 3.8) is 0 Å². The molecule has 0 atom stereocenters. The molecule has 0 aliphatic rings. The number of rotatable bonds is 10. The van der Waals surface area contributed by atoms with Crippen molar-refractivity contribution in [2.24, 2.45) is 5.73 Å². The highest BCUT2D eigenvalue weighted by Crippen LogP contribution is 2.28. The maximum atomic E-state index is 13.4. The minimum atomic E-state index is -4.05. The maximum absolute atomic E-state index is 13.4. The molecule has 0 heterocycles. The summed E-state index contributed by atoms with van der Waals surface area (Å²) >= 11 is 6.14. The van der Waals surface area contributed by atoms with Crippen molar-refractivity contribution in [3.05, 3.63) is 88.9 Å². The van der Waals surface area contributed by atoms with Crippen LogP contribution in [0.3, 0.4) is 0 Å². The smallest absolute Gasteiger partial charge is 0.248 e. The predicted octanol–water partition coefficient (Wildman–Crippen LogP) is 3.32. The highest BCUT2D eigenvalue weighted by Gasteiger charge is 2.27. The maximum Gasteiger partial charge on any atom is 0.248 e. The number of carbonyl (C=O) groups is 2. The van der Waals surface area contributed by atoms with E-state index in [0.717, 1.165) is 9.87 Å². The normalized spacial score (nSPS) is 11.3. The third-order valence-electron chi connectivity index (χ3n) is 5.03. The molecule has 0 aromatic heterocycles. The van der Waals surface area contributed by atoms with Gasteiger partial charge in [0.25, 0.3) is 0 Å². The third kappa shape index (κ3) is 6.34. The molecule has 8 nitrogen and oxygen atoms in total. The van der Waals surface area contributed by atoms with E-state index in [0.29, 0.717) is 23.4 Å². The van der Waals surface area contributed by atoms with Crippen molar-refractivity contribution in [2.45, 2.75) is 11.3 Å². The Morgan fingerprint density at radius 2 is 1.71 bits per heavy atom. The summed E-state index contributed by atoms with van der Waals surface area (Å²) in [5, 5.41) is 2.79. The Hall–Kier alpha value is -3.40. The van der Waals surface area contributed by atoms with Crippen LogP contribution in [0.15, 0.2) is 77.7 Å². The first-order valence-corrected chi connectivity index (χ1v) is 12.1. The standard InChI is InChI=1S/C24H24ClN3O5S/c1-33-22-12-11-20(15-21(22)25)34(31,32)28(14-13-17-5-3-2-4-6-17)16-23(29)27-19-9-7-18(8-10-19)24(26)30/h2-12,15H,13-14,16H2,1H3,(H2,26,30)(H,27,29). The number of methoxy groups -OCH3 is 1. The molecule has 0 spiro atoms. The van der Waals surface area contributed by atoms with Gasteiger partial charge in [-0.25, -0.2) is 8.42 Å². The minimum Gasteiger partial charge on any atom is -0.495 e. The molecular formula is C24H24ClN3O5S. The zero-order chi connectivity index (χ0) is 24.7. The molecule has 0 radical (unpaired) electrons. The summed E-state index contributed by atoms with van der Waals surface area (Å²) in [4.78, 5) is 23.9. The molecule has 0 aliphatic heterocycles. The summed E-state index contributed by atoms with van der Waals surface area (Å²) < 4.78 is 33.0. The SMILES string of the molecule is COc1ccc(S(=O)(=O)N(CCc2ccccc2)CC(=O)Nc2ccc(C(N)=O)cc2)cc1Cl. The van der Waals surface area contributed by atoms with Gasteiger partial charge in [0.15, 0.2) is 0 Å². The van der Waals surface area contributed by atoms with Gasteiger partial charge in [-0.2, -0.15) is 4.31 Å². The van der Waals surface area contributed by atoms with Crippen LogP contribution in [0.2, 0.25) is 5.02 Å². The van der Waals surface area contributed by atoms with E-state index >= 15 is 0 Å². The number of amides is 2. The summed E-state index contributed by atoms with van der Waals surface area (Å²) in [5.74, 6) is -0.786. The zero-order valence-corrected chi connectivity index (χ0v) is 20.0. The van der Waals surface area contributed by atoms with E-state index in [1.807, 2.05) is 30.3 Å². The Morgan fingerprint density at radius 3 is 2.29 bits per heavy atom. The lowest BCUT2D eigenvalue weighted by atomic mass is 10.1. The Kier molecular flexibility index (Phi) is 8.27. The highest BCUT2D eigenvalue weighted by molar-refractivity contribution is 7.89. The van der Waals surface area contributed by atoms with E-state index in [2.05, 4.69) is 5.32 Å². The lowest BCUT2D eigenvalue weighted by Crippen LogP contribution is -2.39. The first-order chi connectivity index (χ1) is 16.2. The number of sulfonamides is 1. The molecule has 0 saturated heterocycles. The predicted molar refractivity (Wildman–Crippen MR) is 130 cm³/mol. The first-order valence-electron chi connectivity index (χ1n) is 10.3. The monoisotopic (exact) mass is 501 g/mol. The Balaban J connectivity index is 1.82. The van der Waals surface area contributed by atoms with Gasteiger partial charge in [0.05, 0.1) is 23.6 Å². The average molecular weight is 502 g/mol. The molecule has 34 heavy (non-hydrogen) atoms. The number of nitrogens with zero attached hydrogens (tertiary/aromatic N) is 1. The lowest BCUT2D eigenvalue weighted by Gasteiger charge is -2.22. The van der Waals surface area contributed by atoms with Gasteiger partial charge in [0, 0.05) is 17.8 Å². The van der Waals surface area contributed by atoms with E-state index in [-0.39, 0.29) is 16.5 Å². The van der Waals surface area contributed by atoms with Crippen molar-refractivity contribution < 1.29 is 22.7 Å². The number of primary amides is 1. The number of ether oxygens (including phenoxy) is 1. The Labute approximate surface area is 203 Å². The molecule has 3 N–H and O–H groups in total. The van der Waals surface area contributed by atoms with E-state index in [1.54, 1.807) is 0 Å². The molecule has 0 fully saturated rings. The van der Waals surface area contributed by atoms with Crippen molar-refractivity contribution in [1.29, 1.82) is 0 Å². The number of nitrogens with two attached hydrogens (primary N) is 1. The van der Waals surface area contributed by atoms with Gasteiger partial charge in [-0.05, 0) is 54.4 Å². The number of carbonyl (C=O) groups excluding carboxylic acids is 2. The lowest BCUT2D eigenvalue weighted by molar-refractivity contribution is -0.116. The third-order valence-corrected chi connectivity index (χ3v) is 7.16. The van der Waals surface area contributed by atoms with Gasteiger partial charge in [0.1, 0.15) is 5.75 Å². The van der Waals surface area contributed by atoms with Crippen LogP contribution in [-0.2, 0) is 21.2 Å². The molecule has 0 bridgehead atoms. The molecule has 178 valence electrons. The quantitative estimate of drug-likeness (QED) is 0.441. The van der Waals surface area contributed by atoms with Crippen LogP contribution >= 0.6 is 11.6 Å². The molecule has 0 saturated carbocycles. The molecular weight excluding hydrogens is 478 g/mol. The van der Waals surface area contributed by atoms with Gasteiger partial charge >= 0.3 is 0 Å². The number of halogens is 1. The minimum absolute atomic E-state index is 0.0510. The molecule has 3 aromatic carbocycles. The van der Waals surface area contributed by atoms with E-state index < -0.39 is 28.4 Å². The zero-order valence-electron chi connectivity index (χ0n) is 18.4. The molecule has 2 amide bonds. The van der Waals surface area contributed by atoms with E-state index in [1.165, 1.54) is 49.6 Å². The second-order valence-electron chi connectivity index (χ2n) is 7.36. The van der Waals surface area contributed by atoms with Crippen LogP contribution in [0.25, 0.3) is 0 Å². The van der Waals surface area contributed by atoms with E-state index in [4.69, 9.17) is 22.1 Å². The fraction of sp³-hybridized carbons (Fsp3) is 0.167. The van der Waals surface area contributed by atoms with E-state index in [9.17, 15) is 18.0 Å². The van der Waals surface area contributed by atoms with Crippen LogP contribution in [-0.4, -0.2) is 44.7 Å². The van der Waals surface area contributed by atoms with Crippen molar-refractivity contribution in [3.8, 4) is 5.75 Å². The fourth-order valence-electron chi connectivity index (χ4n) is 3.22. The van der Waals surface area contributed by atoms with Crippen molar-refractivity contribution in [1.82, 2.24) is 4.31 Å². The van der Waals surface area contributed by atoms with Crippen LogP contribution in [0.1, 0.15) is 15.9 Å². The molecule has 3 aromatic rings. The highest BCUT2D eigenvalue weighted by atomic mass is 35.5. The largest absolute Gasteiger partial charge is 0.495 e. The summed E-state index contributed by atoms with van der Waals surface area (Å²) in [5.41, 5.74) is 6.85. The summed E-state index contributed by atoms with van der Waals surface area (Å²) in [6.45, 7) is -0.347. The van der Waals surface area contributed by atoms with Crippen LogP contribution in [0, 0.1) is 0 Å². The summed E-state index contributed by atoms with van der Waals surface area (Å²) in [7, 11) is -2.62. The second-order valence-corrected chi connectivity index (χ2v) is 9.71. The molecule has 0 unspecified atom stereocenters. The van der Waals surface area contributed by atoms with Gasteiger partial charge in [-0.1, -0.05) is 41.9 Å². The van der Waals surface area contributed by atoms with Crippen molar-refractivity contribution >= 4 is 39.1 Å². The van der Waals surface area contributed by atoms with Gasteiger partial charge < -0.3 is 15.8 Å². The summed E-state index contributed by atoms with van der Waals surface area (Å²) in [6, 6.07) is 19.5. The van der Waals surface area contributed by atoms with Gasteiger partial charge in [0.2, 0.25) is 21.8 Å². The molecule has 0 aliphatic carbocycles. The van der Waals surface area contributed by atoms with Crippen molar-refractivity contribution in [2.75, 3.05) is 25.5 Å².